The minimum Gasteiger partial charge on any atom is -0.449 e. The molecule has 0 fully saturated rings. The number of ether oxygens (including phenoxy) is 1. The van der Waals surface area contributed by atoms with Gasteiger partial charge in [0.1, 0.15) is 0 Å². The number of hydrogen-bond donors (Lipinski definition) is 2. The number of nitrogens with one attached hydrogen (secondary N) is 2. The maximum Gasteiger partial charge on any atom is 0.407 e. The summed E-state index contributed by atoms with van der Waals surface area (Å²) >= 11 is 0. The van der Waals surface area contributed by atoms with Crippen LogP contribution in [0.4, 0.5) is 10.5 Å². The molecule has 0 aromatic heterocycles. The first-order chi connectivity index (χ1) is 10.6. The lowest BCUT2D eigenvalue weighted by atomic mass is 10.2. The largest absolute Gasteiger partial charge is 0.449 e. The van der Waals surface area contributed by atoms with E-state index in [4.69, 9.17) is 4.74 Å². The molecule has 0 bridgehead atoms. The van der Waals surface area contributed by atoms with E-state index < -0.39 is 0 Å². The van der Waals surface area contributed by atoms with E-state index in [1.807, 2.05) is 44.2 Å². The predicted molar refractivity (Wildman–Crippen MR) is 87.7 cm³/mol. The van der Waals surface area contributed by atoms with Gasteiger partial charge in [-0.15, -0.1) is 0 Å². The van der Waals surface area contributed by atoms with Crippen LogP contribution >= 0.6 is 0 Å². The van der Waals surface area contributed by atoms with Crippen LogP contribution in [0.3, 0.4) is 0 Å². The highest BCUT2D eigenvalue weighted by Gasteiger charge is 2.04. The van der Waals surface area contributed by atoms with Gasteiger partial charge in [0.2, 0.25) is 5.91 Å². The van der Waals surface area contributed by atoms with E-state index in [9.17, 15) is 9.59 Å². The molecule has 2 N–H and O–H groups in total. The highest BCUT2D eigenvalue weighted by Crippen LogP contribution is 2.07. The number of carbonyl (C=O) groups is 2. The zero-order valence-corrected chi connectivity index (χ0v) is 13.4. The normalized spacial score (nSPS) is 10.3. The van der Waals surface area contributed by atoms with Crippen molar-refractivity contribution in [1.29, 1.82) is 0 Å². The topological polar surface area (TPSA) is 67.4 Å². The summed E-state index contributed by atoms with van der Waals surface area (Å²) in [5.74, 6) is 0.365. The van der Waals surface area contributed by atoms with Gasteiger partial charge in [-0.05, 0) is 30.9 Å². The lowest BCUT2D eigenvalue weighted by Crippen LogP contribution is -2.26. The monoisotopic (exact) mass is 306 g/mol. The molecule has 122 valence electrons. The number of benzene rings is 1. The van der Waals surface area contributed by atoms with Crippen molar-refractivity contribution in [2.45, 2.75) is 39.5 Å². The smallest absolute Gasteiger partial charge is 0.407 e. The molecular weight excluding hydrogens is 280 g/mol. The second kappa shape index (κ2) is 10.7. The second-order valence-corrected chi connectivity index (χ2v) is 5.64. The fraction of sp³-hybridized carbons (Fsp3) is 0.529. The molecule has 22 heavy (non-hydrogen) atoms. The number of hydrogen-bond acceptors (Lipinski definition) is 3. The van der Waals surface area contributed by atoms with Crippen LogP contribution in [0.25, 0.3) is 0 Å². The summed E-state index contributed by atoms with van der Waals surface area (Å²) in [4.78, 5) is 23.0. The minimum absolute atomic E-state index is 0.0236. The maximum absolute atomic E-state index is 11.7. The summed E-state index contributed by atoms with van der Waals surface area (Å²) in [6.45, 7) is 5.00. The second-order valence-electron chi connectivity index (χ2n) is 5.64. The molecule has 0 radical (unpaired) electrons. The summed E-state index contributed by atoms with van der Waals surface area (Å²) in [6.07, 6.45) is 2.67. The number of rotatable bonds is 9. The van der Waals surface area contributed by atoms with Crippen molar-refractivity contribution in [3.63, 3.8) is 0 Å². The van der Waals surface area contributed by atoms with E-state index in [1.165, 1.54) is 0 Å². The summed E-state index contributed by atoms with van der Waals surface area (Å²) in [7, 11) is 0. The standard InChI is InChI=1S/C17H26N2O3/c1-14(2)13-22-17(21)18-12-8-4-7-11-16(20)19-15-9-5-3-6-10-15/h3,5-6,9-10,14H,4,7-8,11-13H2,1-2H3,(H,18,21)(H,19,20). The van der Waals surface area contributed by atoms with Crippen molar-refractivity contribution in [3.05, 3.63) is 30.3 Å². The van der Waals surface area contributed by atoms with Crippen LogP contribution in [-0.2, 0) is 9.53 Å². The zero-order chi connectivity index (χ0) is 16.2. The first-order valence-electron chi connectivity index (χ1n) is 7.83. The van der Waals surface area contributed by atoms with Crippen molar-refractivity contribution in [2.75, 3.05) is 18.5 Å². The number of para-hydroxylation sites is 1. The van der Waals surface area contributed by atoms with Gasteiger partial charge in [0.25, 0.3) is 0 Å². The molecule has 1 aromatic rings. The van der Waals surface area contributed by atoms with Crippen LogP contribution in [0.1, 0.15) is 39.5 Å². The van der Waals surface area contributed by atoms with Crippen molar-refractivity contribution in [3.8, 4) is 0 Å². The molecule has 1 aromatic carbocycles. The van der Waals surface area contributed by atoms with Crippen molar-refractivity contribution < 1.29 is 14.3 Å². The average Bonchev–Trinajstić information content (AvgIpc) is 2.49. The molecule has 0 aliphatic carbocycles. The van der Waals surface area contributed by atoms with E-state index in [1.54, 1.807) is 0 Å². The fourth-order valence-corrected chi connectivity index (χ4v) is 1.82. The minimum atomic E-state index is -0.365. The first kappa shape index (κ1) is 18.0. The third-order valence-corrected chi connectivity index (χ3v) is 2.96. The van der Waals surface area contributed by atoms with Gasteiger partial charge in [-0.3, -0.25) is 4.79 Å². The molecule has 5 nitrogen and oxygen atoms in total. The molecule has 2 amide bonds. The molecule has 0 heterocycles. The fourth-order valence-electron chi connectivity index (χ4n) is 1.82. The van der Waals surface area contributed by atoms with Gasteiger partial charge in [-0.2, -0.15) is 0 Å². The Balaban J connectivity index is 1.99. The number of unbranched alkanes of at least 4 members (excludes halogenated alkanes) is 2. The van der Waals surface area contributed by atoms with Gasteiger partial charge in [0.15, 0.2) is 0 Å². The lowest BCUT2D eigenvalue weighted by molar-refractivity contribution is -0.116. The zero-order valence-electron chi connectivity index (χ0n) is 13.4. The first-order valence-corrected chi connectivity index (χ1v) is 7.83. The quantitative estimate of drug-likeness (QED) is 0.685. The van der Waals surface area contributed by atoms with Crippen molar-refractivity contribution in [2.24, 2.45) is 5.92 Å². The molecule has 0 aliphatic rings. The van der Waals surface area contributed by atoms with Crippen LogP contribution < -0.4 is 10.6 Å². The van der Waals surface area contributed by atoms with E-state index in [2.05, 4.69) is 10.6 Å². The van der Waals surface area contributed by atoms with Gasteiger partial charge >= 0.3 is 6.09 Å². The van der Waals surface area contributed by atoms with Gasteiger partial charge in [-0.25, -0.2) is 4.79 Å². The Morgan fingerprint density at radius 2 is 1.82 bits per heavy atom. The molecule has 1 rings (SSSR count). The summed E-state index contributed by atoms with van der Waals surface area (Å²) in [5.41, 5.74) is 0.821. The summed E-state index contributed by atoms with van der Waals surface area (Å²) in [6, 6.07) is 9.42. The van der Waals surface area contributed by atoms with Gasteiger partial charge in [0, 0.05) is 18.7 Å². The Labute approximate surface area is 132 Å². The molecule has 0 aliphatic heterocycles. The Morgan fingerprint density at radius 3 is 2.50 bits per heavy atom. The summed E-state index contributed by atoms with van der Waals surface area (Å²) < 4.78 is 5.00. The molecule has 0 saturated carbocycles. The molecule has 0 atom stereocenters. The van der Waals surface area contributed by atoms with E-state index in [-0.39, 0.29) is 12.0 Å². The number of carbonyl (C=O) groups excluding carboxylic acids is 2. The average molecular weight is 306 g/mol. The molecule has 5 heteroatoms. The lowest BCUT2D eigenvalue weighted by Gasteiger charge is -2.08. The van der Waals surface area contributed by atoms with E-state index in [0.717, 1.165) is 24.9 Å². The Morgan fingerprint density at radius 1 is 1.09 bits per heavy atom. The Bertz CT molecular complexity index is 446. The Kier molecular flexibility index (Phi) is 8.72. The van der Waals surface area contributed by atoms with Gasteiger partial charge in [-0.1, -0.05) is 38.5 Å². The van der Waals surface area contributed by atoms with Crippen molar-refractivity contribution in [1.82, 2.24) is 5.32 Å². The van der Waals surface area contributed by atoms with Crippen LogP contribution in [0.2, 0.25) is 0 Å². The SMILES string of the molecule is CC(C)COC(=O)NCCCCCC(=O)Nc1ccccc1. The van der Waals surface area contributed by atoms with Gasteiger partial charge in [0.05, 0.1) is 6.61 Å². The molecule has 0 saturated heterocycles. The van der Waals surface area contributed by atoms with Crippen LogP contribution in [0.5, 0.6) is 0 Å². The Hall–Kier alpha value is -2.04. The third-order valence-electron chi connectivity index (χ3n) is 2.96. The van der Waals surface area contributed by atoms with Crippen LogP contribution in [-0.4, -0.2) is 25.2 Å². The van der Waals surface area contributed by atoms with E-state index in [0.29, 0.717) is 25.5 Å². The maximum atomic E-state index is 11.7. The van der Waals surface area contributed by atoms with Crippen LogP contribution in [0, 0.1) is 5.92 Å². The molecule has 0 unspecified atom stereocenters. The number of anilines is 1. The number of alkyl carbamates (subject to hydrolysis) is 1. The summed E-state index contributed by atoms with van der Waals surface area (Å²) in [5, 5.41) is 5.55. The molecule has 0 spiro atoms. The van der Waals surface area contributed by atoms with Crippen molar-refractivity contribution >= 4 is 17.7 Å². The van der Waals surface area contributed by atoms with E-state index >= 15 is 0 Å². The highest BCUT2D eigenvalue weighted by atomic mass is 16.5. The van der Waals surface area contributed by atoms with Gasteiger partial charge < -0.3 is 15.4 Å². The van der Waals surface area contributed by atoms with Crippen LogP contribution in [0.15, 0.2) is 30.3 Å². The molecular formula is C17H26N2O3. The predicted octanol–water partition coefficient (Wildman–Crippen LogP) is 3.57. The number of amides is 2. The highest BCUT2D eigenvalue weighted by molar-refractivity contribution is 5.90. The third kappa shape index (κ3) is 9.00.